The first kappa shape index (κ1) is 31.4. The maximum Gasteiger partial charge on any atom is 0.251 e. The van der Waals surface area contributed by atoms with Crippen LogP contribution in [0, 0.1) is 11.3 Å². The molecule has 2 saturated carbocycles. The summed E-state index contributed by atoms with van der Waals surface area (Å²) in [5.41, 5.74) is 3.45. The zero-order chi connectivity index (χ0) is 32.5. The van der Waals surface area contributed by atoms with E-state index in [4.69, 9.17) is 9.72 Å². The maximum absolute atomic E-state index is 13.3. The molecule has 0 spiro atoms. The molecule has 4 heterocycles. The van der Waals surface area contributed by atoms with Gasteiger partial charge >= 0.3 is 0 Å². The van der Waals surface area contributed by atoms with Crippen molar-refractivity contribution in [3.63, 3.8) is 0 Å². The van der Waals surface area contributed by atoms with Gasteiger partial charge in [0.1, 0.15) is 23.8 Å². The number of nitrogens with one attached hydrogen (secondary N) is 2. The maximum atomic E-state index is 13.3. The first-order valence-electron chi connectivity index (χ1n) is 17.3. The van der Waals surface area contributed by atoms with Crippen LogP contribution in [0.5, 0.6) is 5.75 Å². The van der Waals surface area contributed by atoms with Crippen LogP contribution in [0.4, 0.5) is 17.5 Å². The minimum absolute atomic E-state index is 0.000308. The van der Waals surface area contributed by atoms with E-state index in [1.54, 1.807) is 25.7 Å². The highest BCUT2D eigenvalue weighted by molar-refractivity contribution is 5.95. The van der Waals surface area contributed by atoms with E-state index in [1.807, 2.05) is 16.7 Å². The number of benzene rings is 1. The number of piperazine rings is 1. The van der Waals surface area contributed by atoms with Gasteiger partial charge in [-0.3, -0.25) is 14.3 Å². The first-order valence-corrected chi connectivity index (χ1v) is 17.3. The Morgan fingerprint density at radius 3 is 2.51 bits per heavy atom. The van der Waals surface area contributed by atoms with Gasteiger partial charge in [0.15, 0.2) is 11.5 Å². The van der Waals surface area contributed by atoms with Crippen LogP contribution < -0.4 is 20.3 Å². The van der Waals surface area contributed by atoms with Crippen molar-refractivity contribution < 1.29 is 9.53 Å². The molecule has 12 heteroatoms. The number of nitriles is 1. The van der Waals surface area contributed by atoms with Crippen LogP contribution in [-0.2, 0) is 0 Å². The van der Waals surface area contributed by atoms with Crippen molar-refractivity contribution in [1.29, 1.82) is 5.26 Å². The number of aromatic nitrogens is 4. The molecule has 0 unspecified atom stereocenters. The number of likely N-dealkylation sites (N-methyl/N-ethyl adjacent to an activating group) is 1. The van der Waals surface area contributed by atoms with Crippen molar-refractivity contribution >= 4 is 23.4 Å². The van der Waals surface area contributed by atoms with Gasteiger partial charge in [0.25, 0.3) is 5.91 Å². The fraction of sp³-hybridized carbons (Fsp3) is 0.571. The van der Waals surface area contributed by atoms with Crippen LogP contribution in [0.25, 0.3) is 5.69 Å². The lowest BCUT2D eigenvalue weighted by Crippen LogP contribution is -2.51. The molecule has 3 aromatic rings. The molecule has 0 radical (unpaired) electrons. The van der Waals surface area contributed by atoms with E-state index >= 15 is 0 Å². The Kier molecular flexibility index (Phi) is 9.01. The molecule has 3 fully saturated rings. The van der Waals surface area contributed by atoms with Gasteiger partial charge in [-0.05, 0) is 70.2 Å². The predicted octanol–water partition coefficient (Wildman–Crippen LogP) is 4.79. The summed E-state index contributed by atoms with van der Waals surface area (Å²) in [4.78, 5) is 34.9. The zero-order valence-corrected chi connectivity index (χ0v) is 27.8. The largest absolute Gasteiger partial charge is 0.495 e. The number of carbonyl (C=O) groups excluding carboxylic acids is 1. The molecule has 2 aliphatic carbocycles. The average Bonchev–Trinajstić information content (AvgIpc) is 3.79. The highest BCUT2D eigenvalue weighted by atomic mass is 16.5. The Bertz CT molecular complexity index is 1630. The molecule has 1 aromatic carbocycles. The van der Waals surface area contributed by atoms with Crippen molar-refractivity contribution in [3.8, 4) is 17.5 Å². The first-order chi connectivity index (χ1) is 23.0. The predicted molar refractivity (Wildman–Crippen MR) is 180 cm³/mol. The SMILES string of the molecule is CC[C@@H]1c2c(C#N)ncn2-c2cnc(Nc3ccc(C(=O)NC4CCC(N5CCN(C)CC5)CC4)cc3OC)nc2N1C1CCCC1. The van der Waals surface area contributed by atoms with E-state index in [2.05, 4.69) is 55.3 Å². The molecule has 2 aromatic heterocycles. The molecule has 248 valence electrons. The molecule has 2 aliphatic heterocycles. The smallest absolute Gasteiger partial charge is 0.251 e. The summed E-state index contributed by atoms with van der Waals surface area (Å²) in [7, 11) is 3.80. The minimum atomic E-state index is -0.0754. The molecule has 2 N–H and O–H groups in total. The third-order valence-corrected chi connectivity index (χ3v) is 10.7. The molecule has 1 amide bonds. The summed E-state index contributed by atoms with van der Waals surface area (Å²) >= 11 is 0. The molecule has 1 saturated heterocycles. The Hall–Kier alpha value is -4.21. The Labute approximate surface area is 277 Å². The lowest BCUT2D eigenvalue weighted by atomic mass is 9.89. The van der Waals surface area contributed by atoms with Gasteiger partial charge in [-0.25, -0.2) is 9.97 Å². The van der Waals surface area contributed by atoms with Gasteiger partial charge in [0.05, 0.1) is 30.7 Å². The van der Waals surface area contributed by atoms with Crippen molar-refractivity contribution in [3.05, 3.63) is 47.7 Å². The Morgan fingerprint density at radius 2 is 1.81 bits per heavy atom. The topological polar surface area (TPSA) is 127 Å². The third-order valence-electron chi connectivity index (χ3n) is 10.7. The molecule has 1 atom stereocenters. The van der Waals surface area contributed by atoms with E-state index in [9.17, 15) is 10.1 Å². The van der Waals surface area contributed by atoms with Crippen molar-refractivity contribution in [2.75, 3.05) is 50.6 Å². The summed E-state index contributed by atoms with van der Waals surface area (Å²) in [5.74, 6) is 1.76. The fourth-order valence-electron chi connectivity index (χ4n) is 8.12. The van der Waals surface area contributed by atoms with Crippen LogP contribution in [-0.4, -0.2) is 93.7 Å². The summed E-state index contributed by atoms with van der Waals surface area (Å²) in [6, 6.07) is 8.91. The monoisotopic (exact) mass is 638 g/mol. The van der Waals surface area contributed by atoms with E-state index < -0.39 is 0 Å². The number of ether oxygens (including phenoxy) is 1. The number of methoxy groups -OCH3 is 1. The molecule has 7 rings (SSSR count). The Balaban J connectivity index is 1.06. The second-order valence-electron chi connectivity index (χ2n) is 13.5. The van der Waals surface area contributed by atoms with E-state index in [0.29, 0.717) is 40.7 Å². The number of carbonyl (C=O) groups is 1. The number of rotatable bonds is 8. The number of fused-ring (bicyclic) bond motifs is 3. The van der Waals surface area contributed by atoms with Gasteiger partial charge < -0.3 is 25.2 Å². The van der Waals surface area contributed by atoms with Gasteiger partial charge in [0, 0.05) is 49.9 Å². The number of nitrogens with zero attached hydrogens (tertiary/aromatic N) is 8. The number of hydrogen-bond acceptors (Lipinski definition) is 10. The second-order valence-corrected chi connectivity index (χ2v) is 13.5. The number of hydrogen-bond donors (Lipinski definition) is 2. The van der Waals surface area contributed by atoms with Crippen molar-refractivity contribution in [2.45, 2.75) is 88.9 Å². The van der Waals surface area contributed by atoms with E-state index in [1.165, 1.54) is 12.8 Å². The summed E-state index contributed by atoms with van der Waals surface area (Å²) < 4.78 is 7.71. The summed E-state index contributed by atoms with van der Waals surface area (Å²) in [5, 5.41) is 16.5. The van der Waals surface area contributed by atoms with Gasteiger partial charge in [-0.15, -0.1) is 0 Å². The highest BCUT2D eigenvalue weighted by Crippen LogP contribution is 2.44. The summed E-state index contributed by atoms with van der Waals surface area (Å²) in [6.07, 6.45) is 13.2. The minimum Gasteiger partial charge on any atom is -0.495 e. The Morgan fingerprint density at radius 1 is 1.04 bits per heavy atom. The molecule has 4 aliphatic rings. The van der Waals surface area contributed by atoms with Gasteiger partial charge in [0.2, 0.25) is 5.95 Å². The van der Waals surface area contributed by atoms with Crippen LogP contribution >= 0.6 is 0 Å². The molecule has 47 heavy (non-hydrogen) atoms. The average molecular weight is 639 g/mol. The third kappa shape index (κ3) is 6.14. The van der Waals surface area contributed by atoms with Gasteiger partial charge in [-0.1, -0.05) is 19.8 Å². The quantitative estimate of drug-likeness (QED) is 0.356. The number of imidazole rings is 1. The second kappa shape index (κ2) is 13.5. The highest BCUT2D eigenvalue weighted by Gasteiger charge is 2.39. The molecular formula is C35H46N10O2. The number of amides is 1. The van der Waals surface area contributed by atoms with E-state index in [-0.39, 0.29) is 18.0 Å². The molecule has 0 bridgehead atoms. The van der Waals surface area contributed by atoms with Crippen molar-refractivity contribution in [2.24, 2.45) is 0 Å². The van der Waals surface area contributed by atoms with Crippen LogP contribution in [0.2, 0.25) is 0 Å². The van der Waals surface area contributed by atoms with Crippen LogP contribution in [0.1, 0.15) is 92.5 Å². The molecule has 12 nitrogen and oxygen atoms in total. The lowest BCUT2D eigenvalue weighted by Gasteiger charge is -2.41. The van der Waals surface area contributed by atoms with Gasteiger partial charge in [-0.2, -0.15) is 10.2 Å². The lowest BCUT2D eigenvalue weighted by molar-refractivity contribution is 0.0790. The molecular weight excluding hydrogens is 592 g/mol. The van der Waals surface area contributed by atoms with E-state index in [0.717, 1.165) is 88.3 Å². The normalized spacial score (nSPS) is 23.5. The number of anilines is 3. The zero-order valence-electron chi connectivity index (χ0n) is 27.8. The fourth-order valence-corrected chi connectivity index (χ4v) is 8.12. The van der Waals surface area contributed by atoms with Crippen LogP contribution in [0.3, 0.4) is 0 Å². The van der Waals surface area contributed by atoms with Crippen LogP contribution in [0.15, 0.2) is 30.7 Å². The van der Waals surface area contributed by atoms with Crippen molar-refractivity contribution in [1.82, 2.24) is 34.6 Å². The summed E-state index contributed by atoms with van der Waals surface area (Å²) in [6.45, 7) is 6.70. The standard InChI is InChI=1S/C35H46N10O2/c1-4-29-32-28(20-36)38-22-44(32)30-21-37-35(41-33(30)45(29)26-7-5-6-8-26)40-27-14-9-23(19-31(27)47-3)34(46)39-24-10-12-25(13-11-24)43-17-15-42(2)16-18-43/h9,14,19,21-22,24-26,29H,4-8,10-13,15-18H2,1-3H3,(H,39,46)(H,37,40,41)/t24?,25?,29-/m1/s1.